The van der Waals surface area contributed by atoms with Gasteiger partial charge in [0.2, 0.25) is 5.91 Å². The normalized spacial score (nSPS) is 23.3. The maximum atomic E-state index is 12.8. The average Bonchev–Trinajstić information content (AvgIpc) is 3.39. The number of amides is 1. The van der Waals surface area contributed by atoms with E-state index in [1.807, 2.05) is 35.2 Å². The van der Waals surface area contributed by atoms with Crippen LogP contribution in [0.4, 0.5) is 0 Å². The summed E-state index contributed by atoms with van der Waals surface area (Å²) in [6, 6.07) is 18.3. The standard InChI is InChI=1S/C22H22N2O2/c25-22(18-14-17(18)15-6-2-1-3-7-15)24-12-10-16(11-13-24)21-23-19-8-4-5-9-20(19)26-21/h1-9,16-18H,10-14H2/t17-,18+/m0/s1. The molecule has 0 spiro atoms. The number of hydrogen-bond donors (Lipinski definition) is 0. The van der Waals surface area contributed by atoms with Gasteiger partial charge in [0.1, 0.15) is 5.52 Å². The lowest BCUT2D eigenvalue weighted by atomic mass is 9.96. The maximum absolute atomic E-state index is 12.8. The number of aromatic nitrogens is 1. The molecular weight excluding hydrogens is 324 g/mol. The van der Waals surface area contributed by atoms with Gasteiger partial charge in [-0.15, -0.1) is 0 Å². The molecular formula is C22H22N2O2. The summed E-state index contributed by atoms with van der Waals surface area (Å²) in [4.78, 5) is 19.5. The Morgan fingerprint density at radius 3 is 2.50 bits per heavy atom. The summed E-state index contributed by atoms with van der Waals surface area (Å²) < 4.78 is 5.92. The van der Waals surface area contributed by atoms with Crippen molar-refractivity contribution in [2.75, 3.05) is 13.1 Å². The molecule has 0 unspecified atom stereocenters. The average molecular weight is 346 g/mol. The second-order valence-electron chi connectivity index (χ2n) is 7.48. The first-order chi connectivity index (χ1) is 12.8. The topological polar surface area (TPSA) is 46.3 Å². The Labute approximate surface area is 152 Å². The lowest BCUT2D eigenvalue weighted by Gasteiger charge is -2.31. The zero-order valence-electron chi connectivity index (χ0n) is 14.7. The highest BCUT2D eigenvalue weighted by molar-refractivity contribution is 5.83. The summed E-state index contributed by atoms with van der Waals surface area (Å²) in [5.41, 5.74) is 3.07. The number of carbonyl (C=O) groups excluding carboxylic acids is 1. The van der Waals surface area contributed by atoms with Crippen molar-refractivity contribution >= 4 is 17.0 Å². The quantitative estimate of drug-likeness (QED) is 0.709. The molecule has 5 rings (SSSR count). The van der Waals surface area contributed by atoms with Gasteiger partial charge in [-0.2, -0.15) is 0 Å². The molecule has 1 aromatic heterocycles. The summed E-state index contributed by atoms with van der Waals surface area (Å²) in [5, 5.41) is 0. The molecule has 4 heteroatoms. The van der Waals surface area contributed by atoms with E-state index in [1.165, 1.54) is 5.56 Å². The van der Waals surface area contributed by atoms with Crippen molar-refractivity contribution in [1.29, 1.82) is 0 Å². The lowest BCUT2D eigenvalue weighted by Crippen LogP contribution is -2.39. The molecule has 0 N–H and O–H groups in total. The number of benzene rings is 2. The van der Waals surface area contributed by atoms with Crippen LogP contribution in [0, 0.1) is 5.92 Å². The van der Waals surface area contributed by atoms with Crippen molar-refractivity contribution in [3.8, 4) is 0 Å². The Morgan fingerprint density at radius 2 is 1.73 bits per heavy atom. The van der Waals surface area contributed by atoms with Gasteiger partial charge in [0.15, 0.2) is 11.5 Å². The number of rotatable bonds is 3. The third-order valence-corrected chi connectivity index (χ3v) is 5.80. The smallest absolute Gasteiger partial charge is 0.226 e. The minimum absolute atomic E-state index is 0.179. The minimum Gasteiger partial charge on any atom is -0.440 e. The first-order valence-electron chi connectivity index (χ1n) is 9.49. The van der Waals surface area contributed by atoms with E-state index in [2.05, 4.69) is 29.2 Å². The van der Waals surface area contributed by atoms with Crippen molar-refractivity contribution in [2.45, 2.75) is 31.1 Å². The van der Waals surface area contributed by atoms with E-state index in [0.717, 1.165) is 49.3 Å². The Bertz CT molecular complexity index is 892. The van der Waals surface area contributed by atoms with E-state index in [1.54, 1.807) is 0 Å². The molecule has 3 aromatic rings. The largest absolute Gasteiger partial charge is 0.440 e. The molecule has 2 atom stereocenters. The Kier molecular flexibility index (Phi) is 3.77. The van der Waals surface area contributed by atoms with Crippen molar-refractivity contribution in [1.82, 2.24) is 9.88 Å². The van der Waals surface area contributed by atoms with Gasteiger partial charge in [-0.3, -0.25) is 4.79 Å². The van der Waals surface area contributed by atoms with E-state index in [0.29, 0.717) is 17.7 Å². The molecule has 1 amide bonds. The zero-order chi connectivity index (χ0) is 17.5. The van der Waals surface area contributed by atoms with Gasteiger partial charge in [0, 0.05) is 24.9 Å². The zero-order valence-corrected chi connectivity index (χ0v) is 14.7. The highest BCUT2D eigenvalue weighted by Gasteiger charge is 2.46. The van der Waals surface area contributed by atoms with E-state index >= 15 is 0 Å². The summed E-state index contributed by atoms with van der Waals surface area (Å²) in [5.74, 6) is 2.06. The molecule has 1 saturated carbocycles. The molecule has 2 aliphatic rings. The van der Waals surface area contributed by atoms with Gasteiger partial charge in [0.05, 0.1) is 0 Å². The fourth-order valence-corrected chi connectivity index (χ4v) is 4.18. The maximum Gasteiger partial charge on any atom is 0.226 e. The third-order valence-electron chi connectivity index (χ3n) is 5.80. The number of piperidine rings is 1. The molecule has 1 saturated heterocycles. The van der Waals surface area contributed by atoms with Crippen LogP contribution in [0.15, 0.2) is 59.0 Å². The SMILES string of the molecule is O=C([C@@H]1C[C@H]1c1ccccc1)N1CCC(c2nc3ccccc3o2)CC1. The molecule has 1 aliphatic carbocycles. The van der Waals surface area contributed by atoms with E-state index in [-0.39, 0.29) is 5.92 Å². The molecule has 0 radical (unpaired) electrons. The summed E-state index contributed by atoms with van der Waals surface area (Å²) >= 11 is 0. The third kappa shape index (κ3) is 2.79. The minimum atomic E-state index is 0.179. The Balaban J connectivity index is 1.21. The number of nitrogens with zero attached hydrogens (tertiary/aromatic N) is 2. The predicted molar refractivity (Wildman–Crippen MR) is 99.9 cm³/mol. The summed E-state index contributed by atoms with van der Waals surface area (Å²) in [6.45, 7) is 1.61. The summed E-state index contributed by atoms with van der Waals surface area (Å²) in [6.07, 6.45) is 2.86. The fourth-order valence-electron chi connectivity index (χ4n) is 4.18. The van der Waals surface area contributed by atoms with Crippen LogP contribution in [-0.4, -0.2) is 28.9 Å². The highest BCUT2D eigenvalue weighted by Crippen LogP contribution is 2.48. The molecule has 0 bridgehead atoms. The van der Waals surface area contributed by atoms with E-state index in [4.69, 9.17) is 4.42 Å². The number of fused-ring (bicyclic) bond motifs is 1. The molecule has 4 nitrogen and oxygen atoms in total. The van der Waals surface area contributed by atoms with Crippen molar-refractivity contribution < 1.29 is 9.21 Å². The molecule has 2 aromatic carbocycles. The number of para-hydroxylation sites is 2. The Hall–Kier alpha value is -2.62. The first-order valence-corrected chi connectivity index (χ1v) is 9.49. The van der Waals surface area contributed by atoms with Crippen LogP contribution in [0.5, 0.6) is 0 Å². The first kappa shape index (κ1) is 15.6. The van der Waals surface area contributed by atoms with Gasteiger partial charge in [0.25, 0.3) is 0 Å². The molecule has 2 heterocycles. The van der Waals surface area contributed by atoms with Gasteiger partial charge < -0.3 is 9.32 Å². The molecule has 2 fully saturated rings. The van der Waals surface area contributed by atoms with Crippen molar-refractivity contribution in [3.63, 3.8) is 0 Å². The van der Waals surface area contributed by atoms with Crippen LogP contribution >= 0.6 is 0 Å². The van der Waals surface area contributed by atoms with Crippen molar-refractivity contribution in [3.05, 3.63) is 66.1 Å². The number of carbonyl (C=O) groups is 1. The molecule has 1 aliphatic heterocycles. The monoisotopic (exact) mass is 346 g/mol. The Morgan fingerprint density at radius 1 is 1.00 bits per heavy atom. The van der Waals surface area contributed by atoms with Crippen LogP contribution in [0.3, 0.4) is 0 Å². The van der Waals surface area contributed by atoms with Crippen LogP contribution < -0.4 is 0 Å². The highest BCUT2D eigenvalue weighted by atomic mass is 16.3. The summed E-state index contributed by atoms with van der Waals surface area (Å²) in [7, 11) is 0. The van der Waals surface area contributed by atoms with Crippen LogP contribution in [0.2, 0.25) is 0 Å². The van der Waals surface area contributed by atoms with E-state index in [9.17, 15) is 4.79 Å². The second kappa shape index (κ2) is 6.27. The van der Waals surface area contributed by atoms with Gasteiger partial charge in [-0.1, -0.05) is 42.5 Å². The second-order valence-corrected chi connectivity index (χ2v) is 7.48. The molecule has 132 valence electrons. The number of hydrogen-bond acceptors (Lipinski definition) is 3. The lowest BCUT2D eigenvalue weighted by molar-refractivity contribution is -0.133. The van der Waals surface area contributed by atoms with Gasteiger partial charge >= 0.3 is 0 Å². The fraction of sp³-hybridized carbons (Fsp3) is 0.364. The van der Waals surface area contributed by atoms with Crippen LogP contribution in [0.1, 0.15) is 42.6 Å². The predicted octanol–water partition coefficient (Wildman–Crippen LogP) is 4.34. The van der Waals surface area contributed by atoms with Crippen LogP contribution in [0.25, 0.3) is 11.1 Å². The van der Waals surface area contributed by atoms with Crippen LogP contribution in [-0.2, 0) is 4.79 Å². The van der Waals surface area contributed by atoms with Gasteiger partial charge in [-0.05, 0) is 42.9 Å². The number of likely N-dealkylation sites (tertiary alicyclic amines) is 1. The number of oxazole rings is 1. The van der Waals surface area contributed by atoms with Crippen molar-refractivity contribution in [2.24, 2.45) is 5.92 Å². The van der Waals surface area contributed by atoms with E-state index < -0.39 is 0 Å². The van der Waals surface area contributed by atoms with Gasteiger partial charge in [-0.25, -0.2) is 4.98 Å². The molecule has 26 heavy (non-hydrogen) atoms.